The second-order valence-electron chi connectivity index (χ2n) is 6.88. The van der Waals surface area contributed by atoms with E-state index in [0.29, 0.717) is 13.1 Å². The van der Waals surface area contributed by atoms with Crippen molar-refractivity contribution >= 4 is 0 Å². The molecule has 1 saturated carbocycles. The third-order valence-corrected chi connectivity index (χ3v) is 4.71. The van der Waals surface area contributed by atoms with Crippen molar-refractivity contribution in [1.29, 1.82) is 0 Å². The van der Waals surface area contributed by atoms with Gasteiger partial charge in [-0.2, -0.15) is 0 Å². The SMILES string of the molecule is CCCn1nnnc1CN(Cc1ccccc1)CC1(O)CCCC1. The fourth-order valence-corrected chi connectivity index (χ4v) is 3.54. The molecule has 24 heavy (non-hydrogen) atoms. The first-order valence-corrected chi connectivity index (χ1v) is 8.92. The molecule has 0 spiro atoms. The summed E-state index contributed by atoms with van der Waals surface area (Å²) in [7, 11) is 0. The van der Waals surface area contributed by atoms with Gasteiger partial charge in [-0.25, -0.2) is 4.68 Å². The Labute approximate surface area is 143 Å². The van der Waals surface area contributed by atoms with E-state index < -0.39 is 5.60 Å². The molecule has 6 nitrogen and oxygen atoms in total. The minimum Gasteiger partial charge on any atom is -0.389 e. The predicted molar refractivity (Wildman–Crippen MR) is 92.1 cm³/mol. The van der Waals surface area contributed by atoms with Crippen molar-refractivity contribution in [3.8, 4) is 0 Å². The van der Waals surface area contributed by atoms with Crippen molar-refractivity contribution in [3.63, 3.8) is 0 Å². The Kier molecular flexibility index (Phi) is 5.58. The van der Waals surface area contributed by atoms with E-state index in [-0.39, 0.29) is 0 Å². The second kappa shape index (κ2) is 7.85. The monoisotopic (exact) mass is 329 g/mol. The van der Waals surface area contributed by atoms with Crippen molar-refractivity contribution in [1.82, 2.24) is 25.1 Å². The summed E-state index contributed by atoms with van der Waals surface area (Å²) in [6.07, 6.45) is 5.00. The summed E-state index contributed by atoms with van der Waals surface area (Å²) in [6.45, 7) is 5.06. The average Bonchev–Trinajstić information content (AvgIpc) is 3.18. The molecular formula is C18H27N5O. The van der Waals surface area contributed by atoms with Gasteiger partial charge in [0, 0.05) is 19.6 Å². The van der Waals surface area contributed by atoms with Crippen LogP contribution in [0.15, 0.2) is 30.3 Å². The Morgan fingerprint density at radius 1 is 1.17 bits per heavy atom. The van der Waals surface area contributed by atoms with Crippen LogP contribution in [0.5, 0.6) is 0 Å². The van der Waals surface area contributed by atoms with Gasteiger partial charge in [0.2, 0.25) is 0 Å². The maximum atomic E-state index is 10.8. The molecule has 1 aromatic heterocycles. The van der Waals surface area contributed by atoms with Gasteiger partial charge in [-0.15, -0.1) is 5.10 Å². The van der Waals surface area contributed by atoms with Gasteiger partial charge in [0.25, 0.3) is 0 Å². The van der Waals surface area contributed by atoms with Gasteiger partial charge < -0.3 is 5.11 Å². The summed E-state index contributed by atoms with van der Waals surface area (Å²) in [6, 6.07) is 10.4. The number of nitrogens with zero attached hydrogens (tertiary/aromatic N) is 5. The van der Waals surface area contributed by atoms with Gasteiger partial charge in [-0.05, 0) is 35.3 Å². The lowest BCUT2D eigenvalue weighted by molar-refractivity contribution is 0.00346. The van der Waals surface area contributed by atoms with Crippen LogP contribution in [0.25, 0.3) is 0 Å². The van der Waals surface area contributed by atoms with Crippen molar-refractivity contribution in [3.05, 3.63) is 41.7 Å². The largest absolute Gasteiger partial charge is 0.389 e. The minimum atomic E-state index is -0.572. The molecule has 0 saturated heterocycles. The molecule has 6 heteroatoms. The maximum Gasteiger partial charge on any atom is 0.165 e. The van der Waals surface area contributed by atoms with Crippen LogP contribution in [0.2, 0.25) is 0 Å². The molecule has 0 bridgehead atoms. The van der Waals surface area contributed by atoms with E-state index in [2.05, 4.69) is 51.6 Å². The first-order chi connectivity index (χ1) is 11.7. The topological polar surface area (TPSA) is 67.1 Å². The summed E-state index contributed by atoms with van der Waals surface area (Å²) in [5, 5.41) is 22.9. The number of tetrazole rings is 1. The lowest BCUT2D eigenvalue weighted by Crippen LogP contribution is -2.41. The van der Waals surface area contributed by atoms with Gasteiger partial charge in [0.05, 0.1) is 12.1 Å². The van der Waals surface area contributed by atoms with Gasteiger partial charge in [-0.1, -0.05) is 50.1 Å². The standard InChI is InChI=1S/C18H27N5O/c1-2-12-23-17(19-20-21-23)14-22(13-16-8-4-3-5-9-16)15-18(24)10-6-7-11-18/h3-5,8-9,24H,2,6-7,10-15H2,1H3. The van der Waals surface area contributed by atoms with E-state index in [1.807, 2.05) is 10.7 Å². The summed E-state index contributed by atoms with van der Waals surface area (Å²) < 4.78 is 1.87. The minimum absolute atomic E-state index is 0.572. The molecule has 0 aliphatic heterocycles. The van der Waals surface area contributed by atoms with Crippen LogP contribution in [-0.4, -0.2) is 42.4 Å². The molecular weight excluding hydrogens is 302 g/mol. The van der Waals surface area contributed by atoms with Crippen LogP contribution >= 0.6 is 0 Å². The molecule has 1 aliphatic carbocycles. The van der Waals surface area contributed by atoms with E-state index in [9.17, 15) is 5.11 Å². The predicted octanol–water partition coefficient (Wildman–Crippen LogP) is 2.39. The normalized spacial score (nSPS) is 16.8. The van der Waals surface area contributed by atoms with Gasteiger partial charge in [0.15, 0.2) is 5.82 Å². The fourth-order valence-electron chi connectivity index (χ4n) is 3.54. The number of benzene rings is 1. The van der Waals surface area contributed by atoms with E-state index in [0.717, 1.165) is 51.0 Å². The van der Waals surface area contributed by atoms with Gasteiger partial charge in [-0.3, -0.25) is 4.90 Å². The van der Waals surface area contributed by atoms with E-state index in [4.69, 9.17) is 0 Å². The summed E-state index contributed by atoms with van der Waals surface area (Å²) in [4.78, 5) is 2.28. The number of aryl methyl sites for hydroxylation is 1. The zero-order chi connectivity index (χ0) is 16.8. The first-order valence-electron chi connectivity index (χ1n) is 8.92. The van der Waals surface area contributed by atoms with Crippen LogP contribution in [0.3, 0.4) is 0 Å². The van der Waals surface area contributed by atoms with Crippen molar-refractivity contribution in [2.45, 2.75) is 64.3 Å². The highest BCUT2D eigenvalue weighted by Crippen LogP contribution is 2.31. The summed E-state index contributed by atoms with van der Waals surface area (Å²) in [5.74, 6) is 0.870. The zero-order valence-electron chi connectivity index (χ0n) is 14.4. The number of aromatic nitrogens is 4. The third-order valence-electron chi connectivity index (χ3n) is 4.71. The lowest BCUT2D eigenvalue weighted by Gasteiger charge is -2.31. The van der Waals surface area contributed by atoms with Crippen LogP contribution in [-0.2, 0) is 19.6 Å². The highest BCUT2D eigenvalue weighted by atomic mass is 16.3. The van der Waals surface area contributed by atoms with Crippen molar-refractivity contribution in [2.75, 3.05) is 6.54 Å². The average molecular weight is 329 g/mol. The molecule has 3 rings (SSSR count). The summed E-state index contributed by atoms with van der Waals surface area (Å²) in [5.41, 5.74) is 0.672. The van der Waals surface area contributed by atoms with Crippen molar-refractivity contribution < 1.29 is 5.11 Å². The van der Waals surface area contributed by atoms with Gasteiger partial charge in [0.1, 0.15) is 0 Å². The molecule has 1 heterocycles. The molecule has 1 N–H and O–H groups in total. The van der Waals surface area contributed by atoms with E-state index >= 15 is 0 Å². The fraction of sp³-hybridized carbons (Fsp3) is 0.611. The van der Waals surface area contributed by atoms with Crippen LogP contribution < -0.4 is 0 Å². The number of rotatable bonds is 8. The molecule has 0 radical (unpaired) electrons. The lowest BCUT2D eigenvalue weighted by atomic mass is 10.0. The maximum absolute atomic E-state index is 10.8. The highest BCUT2D eigenvalue weighted by molar-refractivity contribution is 5.14. The summed E-state index contributed by atoms with van der Waals surface area (Å²) >= 11 is 0. The van der Waals surface area contributed by atoms with Crippen molar-refractivity contribution in [2.24, 2.45) is 0 Å². The second-order valence-corrected chi connectivity index (χ2v) is 6.88. The first kappa shape index (κ1) is 17.0. The number of hydrogen-bond donors (Lipinski definition) is 1. The number of aliphatic hydroxyl groups is 1. The Balaban J connectivity index is 1.74. The Bertz CT molecular complexity index is 621. The Morgan fingerprint density at radius 3 is 2.62 bits per heavy atom. The molecule has 1 aromatic carbocycles. The Hall–Kier alpha value is -1.79. The van der Waals surface area contributed by atoms with E-state index in [1.165, 1.54) is 5.56 Å². The quantitative estimate of drug-likeness (QED) is 0.805. The van der Waals surface area contributed by atoms with Crippen LogP contribution in [0, 0.1) is 0 Å². The van der Waals surface area contributed by atoms with Crippen LogP contribution in [0.1, 0.15) is 50.4 Å². The molecule has 2 aromatic rings. The number of hydrogen-bond acceptors (Lipinski definition) is 5. The smallest absolute Gasteiger partial charge is 0.165 e. The molecule has 1 aliphatic rings. The Morgan fingerprint density at radius 2 is 1.92 bits per heavy atom. The third kappa shape index (κ3) is 4.39. The zero-order valence-corrected chi connectivity index (χ0v) is 14.4. The highest BCUT2D eigenvalue weighted by Gasteiger charge is 2.33. The molecule has 130 valence electrons. The van der Waals surface area contributed by atoms with Gasteiger partial charge >= 0.3 is 0 Å². The molecule has 1 fully saturated rings. The van der Waals surface area contributed by atoms with E-state index in [1.54, 1.807) is 0 Å². The molecule has 0 amide bonds. The molecule has 0 unspecified atom stereocenters. The van der Waals surface area contributed by atoms with Crippen LogP contribution in [0.4, 0.5) is 0 Å². The molecule has 0 atom stereocenters.